The number of hydrogen-bond donors (Lipinski definition) is 1. The average molecular weight is 247 g/mol. The Bertz CT molecular complexity index is 470. The van der Waals surface area contributed by atoms with Gasteiger partial charge in [-0.05, 0) is 36.5 Å². The van der Waals surface area contributed by atoms with E-state index in [0.29, 0.717) is 12.2 Å². The highest BCUT2D eigenvalue weighted by atomic mass is 16.5. The first-order valence-corrected chi connectivity index (χ1v) is 6.14. The van der Waals surface area contributed by atoms with Gasteiger partial charge in [0.2, 0.25) is 0 Å². The van der Waals surface area contributed by atoms with Gasteiger partial charge in [-0.3, -0.25) is 5.41 Å². The van der Waals surface area contributed by atoms with Gasteiger partial charge >= 0.3 is 5.97 Å². The lowest BCUT2D eigenvalue weighted by atomic mass is 9.84. The van der Waals surface area contributed by atoms with Crippen LogP contribution in [0.25, 0.3) is 0 Å². The summed E-state index contributed by atoms with van der Waals surface area (Å²) in [5, 5.41) is 7.91. The maximum Gasteiger partial charge on any atom is 0.356 e. The van der Waals surface area contributed by atoms with Crippen LogP contribution in [0.4, 0.5) is 0 Å². The Hall–Kier alpha value is -1.64. The van der Waals surface area contributed by atoms with Crippen molar-refractivity contribution in [2.24, 2.45) is 0 Å². The van der Waals surface area contributed by atoms with Crippen molar-refractivity contribution < 1.29 is 9.53 Å². The van der Waals surface area contributed by atoms with Gasteiger partial charge in [0, 0.05) is 5.56 Å². The minimum atomic E-state index is -0.563. The lowest BCUT2D eigenvalue weighted by Crippen LogP contribution is -2.20. The van der Waals surface area contributed by atoms with E-state index < -0.39 is 5.97 Å². The SMILES string of the molecule is CCOC(=O)C(=N)c1cc(C(C)(C)C)ccc1C. The highest BCUT2D eigenvalue weighted by Gasteiger charge is 2.19. The molecule has 0 atom stereocenters. The van der Waals surface area contributed by atoms with Crippen LogP contribution >= 0.6 is 0 Å². The van der Waals surface area contributed by atoms with E-state index in [9.17, 15) is 4.79 Å². The highest BCUT2D eigenvalue weighted by molar-refractivity contribution is 6.42. The Labute approximate surface area is 109 Å². The molecule has 3 heteroatoms. The van der Waals surface area contributed by atoms with Gasteiger partial charge in [-0.15, -0.1) is 0 Å². The molecule has 0 fully saturated rings. The van der Waals surface area contributed by atoms with E-state index in [-0.39, 0.29) is 11.1 Å². The van der Waals surface area contributed by atoms with Crippen molar-refractivity contribution in [3.05, 3.63) is 34.9 Å². The fourth-order valence-corrected chi connectivity index (χ4v) is 1.67. The third-order valence-electron chi connectivity index (χ3n) is 2.85. The largest absolute Gasteiger partial charge is 0.461 e. The van der Waals surface area contributed by atoms with Crippen LogP contribution in [0.15, 0.2) is 18.2 Å². The van der Waals surface area contributed by atoms with Crippen LogP contribution in [0.3, 0.4) is 0 Å². The maximum absolute atomic E-state index is 11.6. The number of carbonyl (C=O) groups excluding carboxylic acids is 1. The lowest BCUT2D eigenvalue weighted by molar-refractivity contribution is -0.135. The van der Waals surface area contributed by atoms with E-state index >= 15 is 0 Å². The number of benzene rings is 1. The second-order valence-corrected chi connectivity index (χ2v) is 5.38. The van der Waals surface area contributed by atoms with Crippen molar-refractivity contribution >= 4 is 11.7 Å². The van der Waals surface area contributed by atoms with Crippen LogP contribution < -0.4 is 0 Å². The van der Waals surface area contributed by atoms with Gasteiger partial charge in [-0.25, -0.2) is 4.79 Å². The minimum absolute atomic E-state index is 0.00259. The summed E-state index contributed by atoms with van der Waals surface area (Å²) in [6.07, 6.45) is 0. The van der Waals surface area contributed by atoms with Crippen molar-refractivity contribution in [3.8, 4) is 0 Å². The summed E-state index contributed by atoms with van der Waals surface area (Å²) in [5.41, 5.74) is 2.61. The molecule has 0 amide bonds. The molecule has 18 heavy (non-hydrogen) atoms. The summed E-state index contributed by atoms with van der Waals surface area (Å²) in [6.45, 7) is 10.2. The van der Waals surface area contributed by atoms with Gasteiger partial charge in [-0.1, -0.05) is 32.9 Å². The molecule has 0 radical (unpaired) electrons. The maximum atomic E-state index is 11.6. The highest BCUT2D eigenvalue weighted by Crippen LogP contribution is 2.24. The van der Waals surface area contributed by atoms with Gasteiger partial charge in [-0.2, -0.15) is 0 Å². The number of aryl methyl sites for hydroxylation is 1. The Morgan fingerprint density at radius 2 is 1.94 bits per heavy atom. The molecule has 3 nitrogen and oxygen atoms in total. The van der Waals surface area contributed by atoms with Crippen LogP contribution in [0.1, 0.15) is 44.4 Å². The molecule has 98 valence electrons. The molecule has 0 spiro atoms. The Morgan fingerprint density at radius 1 is 1.33 bits per heavy atom. The third kappa shape index (κ3) is 3.19. The van der Waals surface area contributed by atoms with Gasteiger partial charge in [0.05, 0.1) is 6.61 Å². The van der Waals surface area contributed by atoms with Gasteiger partial charge in [0.25, 0.3) is 0 Å². The summed E-state index contributed by atoms with van der Waals surface area (Å²) < 4.78 is 4.88. The van der Waals surface area contributed by atoms with Crippen molar-refractivity contribution in [1.82, 2.24) is 0 Å². The molecule has 0 saturated heterocycles. The lowest BCUT2D eigenvalue weighted by Gasteiger charge is -2.20. The Kier molecular flexibility index (Phi) is 4.28. The molecule has 0 bridgehead atoms. The summed E-state index contributed by atoms with van der Waals surface area (Å²) >= 11 is 0. The number of hydrogen-bond acceptors (Lipinski definition) is 3. The average Bonchev–Trinajstić information content (AvgIpc) is 2.27. The minimum Gasteiger partial charge on any atom is -0.461 e. The predicted molar refractivity (Wildman–Crippen MR) is 73.3 cm³/mol. The van der Waals surface area contributed by atoms with Gasteiger partial charge in [0.1, 0.15) is 5.71 Å². The van der Waals surface area contributed by atoms with Crippen molar-refractivity contribution in [3.63, 3.8) is 0 Å². The number of rotatable bonds is 3. The monoisotopic (exact) mass is 247 g/mol. The van der Waals surface area contributed by atoms with Crippen LogP contribution in [0.5, 0.6) is 0 Å². The van der Waals surface area contributed by atoms with E-state index in [4.69, 9.17) is 10.1 Å². The molecule has 0 unspecified atom stereocenters. The van der Waals surface area contributed by atoms with Crippen LogP contribution in [-0.2, 0) is 14.9 Å². The predicted octanol–water partition coefficient (Wildman–Crippen LogP) is 3.22. The van der Waals surface area contributed by atoms with Gasteiger partial charge < -0.3 is 4.74 Å². The van der Waals surface area contributed by atoms with Crippen molar-refractivity contribution in [1.29, 1.82) is 5.41 Å². The smallest absolute Gasteiger partial charge is 0.356 e. The molecule has 0 heterocycles. The second kappa shape index (κ2) is 5.34. The Morgan fingerprint density at radius 3 is 2.44 bits per heavy atom. The summed E-state index contributed by atoms with van der Waals surface area (Å²) in [5.74, 6) is -0.563. The number of esters is 1. The van der Waals surface area contributed by atoms with E-state index in [1.54, 1.807) is 6.92 Å². The third-order valence-corrected chi connectivity index (χ3v) is 2.85. The molecule has 1 rings (SSSR count). The molecule has 0 aromatic heterocycles. The molecule has 0 aliphatic heterocycles. The fourth-order valence-electron chi connectivity index (χ4n) is 1.67. The number of nitrogens with one attached hydrogen (secondary N) is 1. The molecule has 1 N–H and O–H groups in total. The first-order chi connectivity index (χ1) is 8.27. The molecule has 1 aromatic carbocycles. The molecule has 1 aromatic rings. The molecule has 0 saturated carbocycles. The molecule has 0 aliphatic carbocycles. The molecule has 0 aliphatic rings. The quantitative estimate of drug-likeness (QED) is 0.658. The van der Waals surface area contributed by atoms with Crippen LogP contribution in [0.2, 0.25) is 0 Å². The normalized spacial score (nSPS) is 11.2. The fraction of sp³-hybridized carbons (Fsp3) is 0.467. The van der Waals surface area contributed by atoms with Crippen LogP contribution in [0, 0.1) is 12.3 Å². The van der Waals surface area contributed by atoms with E-state index in [0.717, 1.165) is 11.1 Å². The second-order valence-electron chi connectivity index (χ2n) is 5.38. The zero-order valence-electron chi connectivity index (χ0n) is 11.8. The standard InChI is InChI=1S/C15H21NO2/c1-6-18-14(17)13(16)12-9-11(15(3,4)5)8-7-10(12)2/h7-9,16H,6H2,1-5H3. The topological polar surface area (TPSA) is 50.2 Å². The number of ether oxygens (including phenoxy) is 1. The first-order valence-electron chi connectivity index (χ1n) is 6.14. The zero-order chi connectivity index (χ0) is 13.9. The van der Waals surface area contributed by atoms with Crippen molar-refractivity contribution in [2.45, 2.75) is 40.0 Å². The van der Waals surface area contributed by atoms with Crippen LogP contribution in [-0.4, -0.2) is 18.3 Å². The summed E-state index contributed by atoms with van der Waals surface area (Å²) in [6, 6.07) is 5.90. The summed E-state index contributed by atoms with van der Waals surface area (Å²) in [7, 11) is 0. The van der Waals surface area contributed by atoms with Gasteiger partial charge in [0.15, 0.2) is 0 Å². The van der Waals surface area contributed by atoms with E-state index in [1.807, 2.05) is 25.1 Å². The summed E-state index contributed by atoms with van der Waals surface area (Å²) in [4.78, 5) is 11.6. The van der Waals surface area contributed by atoms with Crippen molar-refractivity contribution in [2.75, 3.05) is 6.61 Å². The number of carbonyl (C=O) groups is 1. The molecular weight excluding hydrogens is 226 g/mol. The zero-order valence-corrected chi connectivity index (χ0v) is 11.8. The first kappa shape index (κ1) is 14.4. The molecular formula is C15H21NO2. The van der Waals surface area contributed by atoms with E-state index in [1.165, 1.54) is 0 Å². The Balaban J connectivity index is 3.16. The van der Waals surface area contributed by atoms with E-state index in [2.05, 4.69) is 20.8 Å².